The average Bonchev–Trinajstić information content (AvgIpc) is 2.84. The first-order valence-corrected chi connectivity index (χ1v) is 7.60. The van der Waals surface area contributed by atoms with Gasteiger partial charge in [0.05, 0.1) is 0 Å². The Balaban J connectivity index is 2.09. The highest BCUT2D eigenvalue weighted by Crippen LogP contribution is 2.31. The molecule has 0 aliphatic heterocycles. The van der Waals surface area contributed by atoms with Crippen LogP contribution in [-0.2, 0) is 0 Å². The van der Waals surface area contributed by atoms with Gasteiger partial charge in [0.15, 0.2) is 5.58 Å². The Labute approximate surface area is 112 Å². The molecule has 18 heavy (non-hydrogen) atoms. The van der Waals surface area contributed by atoms with Gasteiger partial charge in [0.25, 0.3) is 6.01 Å². The number of nitrogens with one attached hydrogen (secondary N) is 1. The Morgan fingerprint density at radius 2 is 2.00 bits per heavy atom. The number of hydrogen-bond acceptors (Lipinski definition) is 4. The molecular formula is C14H20N2OS. The van der Waals surface area contributed by atoms with Gasteiger partial charge in [0, 0.05) is 11.3 Å². The zero-order valence-electron chi connectivity index (χ0n) is 11.2. The molecule has 4 heteroatoms. The Morgan fingerprint density at radius 3 is 2.61 bits per heavy atom. The fourth-order valence-electron chi connectivity index (χ4n) is 2.05. The second-order valence-corrected chi connectivity index (χ2v) is 5.71. The average molecular weight is 264 g/mol. The van der Waals surface area contributed by atoms with E-state index in [1.165, 1.54) is 0 Å². The quantitative estimate of drug-likeness (QED) is 0.850. The van der Waals surface area contributed by atoms with Gasteiger partial charge in [0.2, 0.25) is 0 Å². The van der Waals surface area contributed by atoms with Crippen molar-refractivity contribution in [3.8, 4) is 0 Å². The SMILES string of the molecule is CCC(CC)(CNc1nc2ccccc2o1)SC. The normalized spacial score (nSPS) is 11.9. The van der Waals surface area contributed by atoms with Crippen LogP contribution >= 0.6 is 11.8 Å². The number of hydrogen-bond donors (Lipinski definition) is 1. The summed E-state index contributed by atoms with van der Waals surface area (Å²) in [6.45, 7) is 5.34. The van der Waals surface area contributed by atoms with E-state index in [4.69, 9.17) is 4.42 Å². The van der Waals surface area contributed by atoms with Crippen molar-refractivity contribution in [1.29, 1.82) is 0 Å². The summed E-state index contributed by atoms with van der Waals surface area (Å²) in [5, 5.41) is 3.33. The summed E-state index contributed by atoms with van der Waals surface area (Å²) in [5.41, 5.74) is 1.74. The van der Waals surface area contributed by atoms with Gasteiger partial charge in [-0.05, 0) is 31.2 Å². The van der Waals surface area contributed by atoms with Gasteiger partial charge in [-0.2, -0.15) is 16.7 Å². The molecule has 1 aromatic carbocycles. The van der Waals surface area contributed by atoms with Crippen LogP contribution in [0.15, 0.2) is 28.7 Å². The largest absolute Gasteiger partial charge is 0.424 e. The number of oxazole rings is 1. The molecule has 0 spiro atoms. The fraction of sp³-hybridized carbons (Fsp3) is 0.500. The van der Waals surface area contributed by atoms with Crippen LogP contribution in [0.25, 0.3) is 11.1 Å². The number of rotatable bonds is 6. The van der Waals surface area contributed by atoms with Gasteiger partial charge in [-0.1, -0.05) is 26.0 Å². The number of fused-ring (bicyclic) bond motifs is 1. The van der Waals surface area contributed by atoms with Gasteiger partial charge in [-0.15, -0.1) is 0 Å². The standard InChI is InChI=1S/C14H20N2OS/c1-4-14(5-2,18-3)10-15-13-16-11-8-6-7-9-12(11)17-13/h6-9H,4-5,10H2,1-3H3,(H,15,16). The van der Waals surface area contributed by atoms with Crippen LogP contribution in [0, 0.1) is 0 Å². The number of benzene rings is 1. The molecule has 0 saturated heterocycles. The number of para-hydroxylation sites is 2. The second-order valence-electron chi connectivity index (χ2n) is 4.43. The maximum Gasteiger partial charge on any atom is 0.295 e. The van der Waals surface area contributed by atoms with Crippen LogP contribution in [0.2, 0.25) is 0 Å². The third-order valence-electron chi connectivity index (χ3n) is 3.58. The molecule has 0 fully saturated rings. The van der Waals surface area contributed by atoms with Gasteiger partial charge < -0.3 is 9.73 Å². The maximum absolute atomic E-state index is 5.67. The molecular weight excluding hydrogens is 244 g/mol. The predicted octanol–water partition coefficient (Wildman–Crippen LogP) is 4.16. The lowest BCUT2D eigenvalue weighted by molar-refractivity contribution is 0.553. The Bertz CT molecular complexity index is 464. The molecule has 0 unspecified atom stereocenters. The minimum absolute atomic E-state index is 0.265. The maximum atomic E-state index is 5.67. The van der Waals surface area contributed by atoms with Crippen molar-refractivity contribution in [2.75, 3.05) is 18.1 Å². The summed E-state index contributed by atoms with van der Waals surface area (Å²) in [5.74, 6) is 0. The molecule has 1 heterocycles. The van der Waals surface area contributed by atoms with E-state index in [1.807, 2.05) is 36.0 Å². The number of anilines is 1. The molecule has 0 bridgehead atoms. The van der Waals surface area contributed by atoms with Crippen LogP contribution in [0.3, 0.4) is 0 Å². The summed E-state index contributed by atoms with van der Waals surface area (Å²) in [6.07, 6.45) is 4.44. The van der Waals surface area contributed by atoms with Crippen molar-refractivity contribution in [3.63, 3.8) is 0 Å². The predicted molar refractivity (Wildman–Crippen MR) is 79.3 cm³/mol. The summed E-state index contributed by atoms with van der Waals surface area (Å²) in [6, 6.07) is 8.46. The number of thioether (sulfide) groups is 1. The van der Waals surface area contributed by atoms with Crippen LogP contribution in [0.4, 0.5) is 6.01 Å². The topological polar surface area (TPSA) is 38.1 Å². The van der Waals surface area contributed by atoms with Gasteiger partial charge >= 0.3 is 0 Å². The molecule has 0 amide bonds. The lowest BCUT2D eigenvalue weighted by atomic mass is 10.0. The van der Waals surface area contributed by atoms with Crippen molar-refractivity contribution in [3.05, 3.63) is 24.3 Å². The van der Waals surface area contributed by atoms with E-state index in [9.17, 15) is 0 Å². The third kappa shape index (κ3) is 2.64. The zero-order valence-corrected chi connectivity index (χ0v) is 12.0. The van der Waals surface area contributed by atoms with E-state index in [0.29, 0.717) is 6.01 Å². The third-order valence-corrected chi connectivity index (χ3v) is 5.17. The Morgan fingerprint density at radius 1 is 1.28 bits per heavy atom. The van der Waals surface area contributed by atoms with E-state index >= 15 is 0 Å². The van der Waals surface area contributed by atoms with Crippen molar-refractivity contribution in [1.82, 2.24) is 4.98 Å². The highest BCUT2D eigenvalue weighted by Gasteiger charge is 2.25. The molecule has 2 aromatic rings. The summed E-state index contributed by atoms with van der Waals surface area (Å²) < 4.78 is 5.93. The van der Waals surface area contributed by atoms with E-state index in [0.717, 1.165) is 30.5 Å². The molecule has 0 atom stereocenters. The first-order chi connectivity index (χ1) is 8.73. The van der Waals surface area contributed by atoms with Crippen LogP contribution in [0.5, 0.6) is 0 Å². The van der Waals surface area contributed by atoms with E-state index in [-0.39, 0.29) is 4.75 Å². The lowest BCUT2D eigenvalue weighted by Gasteiger charge is -2.29. The minimum atomic E-state index is 0.265. The first-order valence-electron chi connectivity index (χ1n) is 6.37. The highest BCUT2D eigenvalue weighted by atomic mass is 32.2. The van der Waals surface area contributed by atoms with E-state index in [2.05, 4.69) is 30.4 Å². The monoisotopic (exact) mass is 264 g/mol. The molecule has 1 aromatic heterocycles. The van der Waals surface area contributed by atoms with Crippen LogP contribution in [-0.4, -0.2) is 22.5 Å². The molecule has 0 radical (unpaired) electrons. The second kappa shape index (κ2) is 5.65. The first kappa shape index (κ1) is 13.3. The molecule has 3 nitrogen and oxygen atoms in total. The van der Waals surface area contributed by atoms with Crippen molar-refractivity contribution < 1.29 is 4.42 Å². The minimum Gasteiger partial charge on any atom is -0.424 e. The summed E-state index contributed by atoms with van der Waals surface area (Å²) >= 11 is 1.91. The zero-order chi connectivity index (χ0) is 13.0. The molecule has 0 aliphatic carbocycles. The van der Waals surface area contributed by atoms with Crippen molar-refractivity contribution >= 4 is 28.9 Å². The highest BCUT2D eigenvalue weighted by molar-refractivity contribution is 8.00. The Kier molecular flexibility index (Phi) is 4.17. The summed E-state index contributed by atoms with van der Waals surface area (Å²) in [7, 11) is 0. The molecule has 0 aliphatic rings. The molecule has 1 N–H and O–H groups in total. The molecule has 98 valence electrons. The van der Waals surface area contributed by atoms with Crippen molar-refractivity contribution in [2.45, 2.75) is 31.4 Å². The van der Waals surface area contributed by atoms with Gasteiger partial charge in [-0.3, -0.25) is 0 Å². The number of nitrogens with zero attached hydrogens (tertiary/aromatic N) is 1. The summed E-state index contributed by atoms with van der Waals surface area (Å²) in [4.78, 5) is 4.43. The van der Waals surface area contributed by atoms with E-state index in [1.54, 1.807) is 0 Å². The number of aromatic nitrogens is 1. The molecule has 0 saturated carbocycles. The Hall–Kier alpha value is -1.16. The van der Waals surface area contributed by atoms with E-state index < -0.39 is 0 Å². The molecule has 2 rings (SSSR count). The van der Waals surface area contributed by atoms with Crippen LogP contribution in [0.1, 0.15) is 26.7 Å². The van der Waals surface area contributed by atoms with Crippen molar-refractivity contribution in [2.24, 2.45) is 0 Å². The lowest BCUT2D eigenvalue weighted by Crippen LogP contribution is -2.32. The smallest absolute Gasteiger partial charge is 0.295 e. The van der Waals surface area contributed by atoms with Gasteiger partial charge in [0.1, 0.15) is 5.52 Å². The van der Waals surface area contributed by atoms with Crippen LogP contribution < -0.4 is 5.32 Å². The van der Waals surface area contributed by atoms with Gasteiger partial charge in [-0.25, -0.2) is 0 Å². The fourth-order valence-corrected chi connectivity index (χ4v) is 2.84.